The Morgan fingerprint density at radius 3 is 2.68 bits per heavy atom. The molecule has 1 aliphatic heterocycles. The lowest BCUT2D eigenvalue weighted by atomic mass is 10.1. The Hall–Kier alpha value is -3.22. The normalized spacial score (nSPS) is 15.4. The van der Waals surface area contributed by atoms with Gasteiger partial charge in [-0.05, 0) is 29.1 Å². The van der Waals surface area contributed by atoms with Crippen LogP contribution in [0.1, 0.15) is 23.9 Å². The van der Waals surface area contributed by atoms with Gasteiger partial charge in [0.15, 0.2) is 0 Å². The van der Waals surface area contributed by atoms with Gasteiger partial charge in [0.2, 0.25) is 17.6 Å². The lowest BCUT2D eigenvalue weighted by Gasteiger charge is -2.37. The molecule has 0 aliphatic carbocycles. The van der Waals surface area contributed by atoms with Crippen molar-refractivity contribution in [2.45, 2.75) is 18.9 Å². The van der Waals surface area contributed by atoms with Gasteiger partial charge < -0.3 is 14.2 Å². The van der Waals surface area contributed by atoms with Crippen LogP contribution in [-0.4, -0.2) is 59.1 Å². The van der Waals surface area contributed by atoms with Crippen LogP contribution >= 0.6 is 11.3 Å². The number of thiophene rings is 1. The number of carbonyl (C=O) groups excluding carboxylic acids is 1. The van der Waals surface area contributed by atoms with E-state index >= 15 is 0 Å². The highest BCUT2D eigenvalue weighted by Crippen LogP contribution is 2.24. The van der Waals surface area contributed by atoms with Gasteiger partial charge in [-0.1, -0.05) is 17.3 Å². The van der Waals surface area contributed by atoms with Crippen LogP contribution in [0.5, 0.6) is 5.75 Å². The number of aromatic nitrogens is 2. The first-order valence-corrected chi connectivity index (χ1v) is 11.0. The van der Waals surface area contributed by atoms with E-state index in [9.17, 15) is 10.1 Å². The van der Waals surface area contributed by atoms with Crippen LogP contribution in [0.4, 0.5) is 0 Å². The molecule has 1 saturated heterocycles. The number of piperazine rings is 1. The number of amides is 1. The first-order valence-electron chi connectivity index (χ1n) is 10.1. The van der Waals surface area contributed by atoms with E-state index < -0.39 is 0 Å². The van der Waals surface area contributed by atoms with E-state index in [0.29, 0.717) is 50.7 Å². The van der Waals surface area contributed by atoms with Gasteiger partial charge in [0, 0.05) is 50.0 Å². The molecule has 1 atom stereocenters. The second kappa shape index (κ2) is 9.73. The quantitative estimate of drug-likeness (QED) is 0.560. The molecule has 3 heterocycles. The number of rotatable bonds is 7. The predicted molar refractivity (Wildman–Crippen MR) is 115 cm³/mol. The SMILES string of the molecule is COc1ccc(C(C#N)N2CCN(C(=O)CCc3nc(-c4ccsc4)no3)CC2)cc1. The Kier molecular flexibility index (Phi) is 6.60. The lowest BCUT2D eigenvalue weighted by molar-refractivity contribution is -0.133. The molecule has 0 saturated carbocycles. The van der Waals surface area contributed by atoms with Crippen molar-refractivity contribution in [1.29, 1.82) is 5.26 Å². The van der Waals surface area contributed by atoms with Crippen molar-refractivity contribution in [2.75, 3.05) is 33.3 Å². The Labute approximate surface area is 184 Å². The van der Waals surface area contributed by atoms with Crippen LogP contribution in [0.2, 0.25) is 0 Å². The molecule has 1 fully saturated rings. The van der Waals surface area contributed by atoms with Crippen molar-refractivity contribution >= 4 is 17.2 Å². The highest BCUT2D eigenvalue weighted by molar-refractivity contribution is 7.08. The summed E-state index contributed by atoms with van der Waals surface area (Å²) in [6.07, 6.45) is 0.744. The first kappa shape index (κ1) is 21.0. The maximum Gasteiger partial charge on any atom is 0.227 e. The average Bonchev–Trinajstić information content (AvgIpc) is 3.51. The summed E-state index contributed by atoms with van der Waals surface area (Å²) in [6.45, 7) is 2.49. The summed E-state index contributed by atoms with van der Waals surface area (Å²) in [6, 6.07) is 11.5. The molecular formula is C22H23N5O3S. The van der Waals surface area contributed by atoms with Crippen molar-refractivity contribution in [3.8, 4) is 23.2 Å². The molecule has 0 N–H and O–H groups in total. The van der Waals surface area contributed by atoms with Crippen LogP contribution in [0.25, 0.3) is 11.4 Å². The van der Waals surface area contributed by atoms with Gasteiger partial charge in [-0.25, -0.2) is 0 Å². The number of hydrogen-bond donors (Lipinski definition) is 0. The number of nitrogens with zero attached hydrogens (tertiary/aromatic N) is 5. The lowest BCUT2D eigenvalue weighted by Crippen LogP contribution is -2.49. The van der Waals surface area contributed by atoms with Gasteiger partial charge in [0.25, 0.3) is 0 Å². The zero-order valence-electron chi connectivity index (χ0n) is 17.2. The van der Waals surface area contributed by atoms with Gasteiger partial charge >= 0.3 is 0 Å². The molecule has 0 bridgehead atoms. The molecule has 160 valence electrons. The van der Waals surface area contributed by atoms with E-state index in [1.807, 2.05) is 46.0 Å². The maximum atomic E-state index is 12.6. The van der Waals surface area contributed by atoms with E-state index in [2.05, 4.69) is 21.1 Å². The van der Waals surface area contributed by atoms with Gasteiger partial charge in [-0.3, -0.25) is 9.69 Å². The van der Waals surface area contributed by atoms with Gasteiger partial charge in [0.05, 0.1) is 13.2 Å². The Morgan fingerprint density at radius 1 is 1.26 bits per heavy atom. The third-order valence-electron chi connectivity index (χ3n) is 5.39. The molecule has 1 aromatic carbocycles. The highest BCUT2D eigenvalue weighted by atomic mass is 32.1. The molecular weight excluding hydrogens is 414 g/mol. The summed E-state index contributed by atoms with van der Waals surface area (Å²) in [5, 5.41) is 17.6. The number of benzene rings is 1. The minimum absolute atomic E-state index is 0.0629. The molecule has 8 nitrogen and oxygen atoms in total. The largest absolute Gasteiger partial charge is 0.497 e. The molecule has 0 radical (unpaired) electrons. The molecule has 2 aromatic heterocycles. The van der Waals surface area contributed by atoms with Crippen LogP contribution in [-0.2, 0) is 11.2 Å². The summed E-state index contributed by atoms with van der Waals surface area (Å²) in [4.78, 5) is 21.0. The number of carbonyl (C=O) groups is 1. The van der Waals surface area contributed by atoms with Crippen molar-refractivity contribution in [1.82, 2.24) is 19.9 Å². The minimum atomic E-state index is -0.336. The Bertz CT molecular complexity index is 1030. The second-order valence-corrected chi connectivity index (χ2v) is 8.03. The molecule has 1 aliphatic rings. The van der Waals surface area contributed by atoms with Crippen molar-refractivity contribution in [2.24, 2.45) is 0 Å². The van der Waals surface area contributed by atoms with Gasteiger partial charge in [0.1, 0.15) is 11.8 Å². The fraction of sp³-hybridized carbons (Fsp3) is 0.364. The van der Waals surface area contributed by atoms with E-state index in [-0.39, 0.29) is 11.9 Å². The van der Waals surface area contributed by atoms with Gasteiger partial charge in [-0.15, -0.1) is 0 Å². The third kappa shape index (κ3) is 4.93. The summed E-state index contributed by atoms with van der Waals surface area (Å²) in [5.41, 5.74) is 1.85. The van der Waals surface area contributed by atoms with Crippen LogP contribution in [0.3, 0.4) is 0 Å². The average molecular weight is 438 g/mol. The number of methoxy groups -OCH3 is 1. The molecule has 4 rings (SSSR count). The van der Waals surface area contributed by atoms with Crippen LogP contribution in [0.15, 0.2) is 45.6 Å². The van der Waals surface area contributed by atoms with E-state index in [4.69, 9.17) is 9.26 Å². The Morgan fingerprint density at radius 2 is 2.03 bits per heavy atom. The van der Waals surface area contributed by atoms with E-state index in [1.54, 1.807) is 18.4 Å². The number of ether oxygens (including phenoxy) is 1. The summed E-state index contributed by atoms with van der Waals surface area (Å²) < 4.78 is 10.5. The monoisotopic (exact) mass is 437 g/mol. The van der Waals surface area contributed by atoms with Crippen molar-refractivity contribution < 1.29 is 14.1 Å². The number of aryl methyl sites for hydroxylation is 1. The summed E-state index contributed by atoms with van der Waals surface area (Å²) in [7, 11) is 1.62. The number of nitriles is 1. The third-order valence-corrected chi connectivity index (χ3v) is 6.07. The highest BCUT2D eigenvalue weighted by Gasteiger charge is 2.27. The topological polar surface area (TPSA) is 95.5 Å². The fourth-order valence-electron chi connectivity index (χ4n) is 3.62. The number of hydrogen-bond acceptors (Lipinski definition) is 8. The van der Waals surface area contributed by atoms with Crippen LogP contribution in [0, 0.1) is 11.3 Å². The zero-order valence-corrected chi connectivity index (χ0v) is 18.0. The second-order valence-electron chi connectivity index (χ2n) is 7.25. The van der Waals surface area contributed by atoms with Gasteiger partial charge in [-0.2, -0.15) is 21.6 Å². The maximum absolute atomic E-state index is 12.6. The minimum Gasteiger partial charge on any atom is -0.497 e. The van der Waals surface area contributed by atoms with E-state index in [1.165, 1.54) is 0 Å². The summed E-state index contributed by atoms with van der Waals surface area (Å²) >= 11 is 1.57. The smallest absolute Gasteiger partial charge is 0.227 e. The van der Waals surface area contributed by atoms with Crippen LogP contribution < -0.4 is 4.74 Å². The summed E-state index contributed by atoms with van der Waals surface area (Å²) in [5.74, 6) is 1.85. The van der Waals surface area contributed by atoms with E-state index in [0.717, 1.165) is 16.9 Å². The molecule has 0 spiro atoms. The molecule has 1 amide bonds. The molecule has 3 aromatic rings. The fourth-order valence-corrected chi connectivity index (χ4v) is 4.25. The standard InChI is InChI=1S/C22H23N5O3S/c1-29-18-4-2-16(3-5-18)19(14-23)26-9-11-27(12-10-26)21(28)7-6-20-24-22(25-30-20)17-8-13-31-15-17/h2-5,8,13,15,19H,6-7,9-12H2,1H3. The first-order chi connectivity index (χ1) is 15.2. The van der Waals surface area contributed by atoms with Crippen molar-refractivity contribution in [3.63, 3.8) is 0 Å². The Balaban J connectivity index is 1.28. The molecule has 9 heteroatoms. The van der Waals surface area contributed by atoms with Crippen molar-refractivity contribution in [3.05, 3.63) is 52.5 Å². The molecule has 31 heavy (non-hydrogen) atoms. The zero-order chi connectivity index (χ0) is 21.6. The molecule has 1 unspecified atom stereocenters. The predicted octanol–water partition coefficient (Wildman–Crippen LogP) is 3.15.